The Balaban J connectivity index is 2.08. The van der Waals surface area contributed by atoms with E-state index in [4.69, 9.17) is 9.47 Å². The summed E-state index contributed by atoms with van der Waals surface area (Å²) in [6.07, 6.45) is 4.53. The fourth-order valence-corrected chi connectivity index (χ4v) is 1.84. The van der Waals surface area contributed by atoms with E-state index in [1.165, 1.54) is 12.0 Å². The summed E-state index contributed by atoms with van der Waals surface area (Å²) in [5.74, 6) is 0.743. The van der Waals surface area contributed by atoms with Gasteiger partial charge >= 0.3 is 0 Å². The monoisotopic (exact) mass is 154 g/mol. The van der Waals surface area contributed by atoms with Gasteiger partial charge in [0.1, 0.15) is 0 Å². The number of fused-ring (bicyclic) bond motifs is 2. The van der Waals surface area contributed by atoms with Crippen molar-refractivity contribution in [3.63, 3.8) is 0 Å². The molecule has 0 aromatic carbocycles. The smallest absolute Gasteiger partial charge is 0.158 e. The summed E-state index contributed by atoms with van der Waals surface area (Å²) in [6, 6.07) is 0. The van der Waals surface area contributed by atoms with Crippen LogP contribution in [0.1, 0.15) is 19.8 Å². The molecule has 2 heterocycles. The fourth-order valence-electron chi connectivity index (χ4n) is 1.84. The minimum Gasteiger partial charge on any atom is -0.353 e. The molecule has 0 radical (unpaired) electrons. The third kappa shape index (κ3) is 1.33. The van der Waals surface area contributed by atoms with E-state index in [1.807, 2.05) is 0 Å². The molecule has 0 aliphatic carbocycles. The van der Waals surface area contributed by atoms with E-state index in [2.05, 4.69) is 13.0 Å². The number of hydrogen-bond donors (Lipinski definition) is 0. The maximum absolute atomic E-state index is 5.46. The summed E-state index contributed by atoms with van der Waals surface area (Å²) < 4.78 is 10.9. The number of rotatable bonds is 0. The summed E-state index contributed by atoms with van der Waals surface area (Å²) in [7, 11) is 0. The van der Waals surface area contributed by atoms with Gasteiger partial charge in [0.25, 0.3) is 0 Å². The van der Waals surface area contributed by atoms with Gasteiger partial charge in [-0.3, -0.25) is 0 Å². The molecule has 0 spiro atoms. The highest BCUT2D eigenvalue weighted by molar-refractivity contribution is 5.09. The van der Waals surface area contributed by atoms with Gasteiger partial charge in [0.05, 0.1) is 13.2 Å². The number of hydrogen-bond acceptors (Lipinski definition) is 2. The maximum atomic E-state index is 5.46. The number of ether oxygens (including phenoxy) is 2. The molecule has 0 aromatic rings. The molecule has 62 valence electrons. The van der Waals surface area contributed by atoms with Crippen LogP contribution < -0.4 is 0 Å². The van der Waals surface area contributed by atoms with Crippen molar-refractivity contribution in [3.05, 3.63) is 11.6 Å². The quantitative estimate of drug-likeness (QED) is 0.494. The summed E-state index contributed by atoms with van der Waals surface area (Å²) in [4.78, 5) is 0. The van der Waals surface area contributed by atoms with Crippen LogP contribution in [0.3, 0.4) is 0 Å². The van der Waals surface area contributed by atoms with Crippen molar-refractivity contribution in [3.8, 4) is 0 Å². The van der Waals surface area contributed by atoms with Gasteiger partial charge < -0.3 is 9.47 Å². The Bertz CT molecular complexity index is 174. The Kier molecular flexibility index (Phi) is 1.96. The van der Waals surface area contributed by atoms with Gasteiger partial charge in [-0.05, 0) is 24.8 Å². The Morgan fingerprint density at radius 1 is 1.45 bits per heavy atom. The van der Waals surface area contributed by atoms with E-state index in [0.717, 1.165) is 25.6 Å². The predicted molar refractivity (Wildman–Crippen MR) is 42.2 cm³/mol. The maximum Gasteiger partial charge on any atom is 0.158 e. The Labute approximate surface area is 67.2 Å². The zero-order chi connectivity index (χ0) is 7.68. The summed E-state index contributed by atoms with van der Waals surface area (Å²) in [5.41, 5.74) is 1.46. The molecule has 2 aliphatic rings. The van der Waals surface area contributed by atoms with E-state index in [9.17, 15) is 0 Å². The molecule has 0 aromatic heterocycles. The zero-order valence-electron chi connectivity index (χ0n) is 6.88. The van der Waals surface area contributed by atoms with E-state index in [1.54, 1.807) is 0 Å². The van der Waals surface area contributed by atoms with Crippen molar-refractivity contribution >= 4 is 0 Å². The fraction of sp³-hybridized carbons (Fsp3) is 0.778. The minimum absolute atomic E-state index is 0.0949. The highest BCUT2D eigenvalue weighted by Crippen LogP contribution is 2.32. The second kappa shape index (κ2) is 2.95. The van der Waals surface area contributed by atoms with E-state index in [0.29, 0.717) is 0 Å². The first kappa shape index (κ1) is 7.32. The zero-order valence-corrected chi connectivity index (χ0v) is 6.88. The Morgan fingerprint density at radius 2 is 2.36 bits per heavy atom. The highest BCUT2D eigenvalue weighted by atomic mass is 16.7. The lowest BCUT2D eigenvalue weighted by Gasteiger charge is -2.36. The average Bonchev–Trinajstić information content (AvgIpc) is 2.06. The van der Waals surface area contributed by atoms with Gasteiger partial charge in [0, 0.05) is 6.42 Å². The van der Waals surface area contributed by atoms with Crippen molar-refractivity contribution in [1.82, 2.24) is 0 Å². The van der Waals surface area contributed by atoms with Crippen LogP contribution in [0.2, 0.25) is 0 Å². The van der Waals surface area contributed by atoms with Crippen molar-refractivity contribution in [1.29, 1.82) is 0 Å². The van der Waals surface area contributed by atoms with Gasteiger partial charge in [-0.1, -0.05) is 6.08 Å². The first-order valence-corrected chi connectivity index (χ1v) is 4.28. The van der Waals surface area contributed by atoms with Gasteiger partial charge in [-0.25, -0.2) is 0 Å². The molecule has 2 unspecified atom stereocenters. The normalized spacial score (nSPS) is 41.0. The highest BCUT2D eigenvalue weighted by Gasteiger charge is 2.30. The van der Waals surface area contributed by atoms with Crippen LogP contribution in [-0.2, 0) is 9.47 Å². The van der Waals surface area contributed by atoms with Gasteiger partial charge in [0.15, 0.2) is 6.29 Å². The average molecular weight is 154 g/mol. The van der Waals surface area contributed by atoms with Crippen LogP contribution in [0.4, 0.5) is 0 Å². The molecule has 2 saturated heterocycles. The molecule has 2 aliphatic heterocycles. The largest absolute Gasteiger partial charge is 0.353 e. The third-order valence-electron chi connectivity index (χ3n) is 2.58. The van der Waals surface area contributed by atoms with Gasteiger partial charge in [-0.2, -0.15) is 0 Å². The molecule has 11 heavy (non-hydrogen) atoms. The molecule has 2 nitrogen and oxygen atoms in total. The van der Waals surface area contributed by atoms with Crippen LogP contribution in [0.25, 0.3) is 0 Å². The first-order valence-electron chi connectivity index (χ1n) is 4.28. The van der Waals surface area contributed by atoms with Crippen LogP contribution >= 0.6 is 0 Å². The summed E-state index contributed by atoms with van der Waals surface area (Å²) in [5, 5.41) is 0. The molecule has 2 heteroatoms. The predicted octanol–water partition coefficient (Wildman–Crippen LogP) is 1.72. The molecule has 2 bridgehead atoms. The van der Waals surface area contributed by atoms with E-state index >= 15 is 0 Å². The van der Waals surface area contributed by atoms with Crippen molar-refractivity contribution in [2.45, 2.75) is 26.1 Å². The third-order valence-corrected chi connectivity index (χ3v) is 2.58. The lowest BCUT2D eigenvalue weighted by atomic mass is 9.89. The Morgan fingerprint density at radius 3 is 3.18 bits per heavy atom. The lowest BCUT2D eigenvalue weighted by Crippen LogP contribution is -2.35. The molecular formula is C9H14O2. The molecule has 0 saturated carbocycles. The second-order valence-electron chi connectivity index (χ2n) is 3.20. The SMILES string of the molecule is CC=C1COC2CC1CCO2. The van der Waals surface area contributed by atoms with Crippen LogP contribution in [0.5, 0.6) is 0 Å². The molecule has 0 amide bonds. The van der Waals surface area contributed by atoms with Crippen molar-refractivity contribution in [2.24, 2.45) is 5.92 Å². The van der Waals surface area contributed by atoms with Crippen molar-refractivity contribution < 1.29 is 9.47 Å². The van der Waals surface area contributed by atoms with Crippen molar-refractivity contribution in [2.75, 3.05) is 13.2 Å². The Hall–Kier alpha value is -0.340. The molecular weight excluding hydrogens is 140 g/mol. The van der Waals surface area contributed by atoms with Crippen LogP contribution in [0.15, 0.2) is 11.6 Å². The lowest BCUT2D eigenvalue weighted by molar-refractivity contribution is -0.184. The van der Waals surface area contributed by atoms with E-state index in [-0.39, 0.29) is 6.29 Å². The van der Waals surface area contributed by atoms with Gasteiger partial charge in [0.2, 0.25) is 0 Å². The molecule has 2 atom stereocenters. The topological polar surface area (TPSA) is 18.5 Å². The van der Waals surface area contributed by atoms with Crippen LogP contribution in [-0.4, -0.2) is 19.5 Å². The first-order chi connectivity index (χ1) is 5.40. The van der Waals surface area contributed by atoms with E-state index < -0.39 is 0 Å². The summed E-state index contributed by atoms with van der Waals surface area (Å²) in [6.45, 7) is 3.74. The van der Waals surface area contributed by atoms with Crippen LogP contribution in [0, 0.1) is 5.92 Å². The minimum atomic E-state index is 0.0949. The number of allylic oxidation sites excluding steroid dienone is 1. The molecule has 2 fully saturated rings. The molecule has 0 N–H and O–H groups in total. The standard InChI is InChI=1S/C9H14O2/c1-2-7-6-11-9-5-8(7)3-4-10-9/h2,8-9H,3-6H2,1H3. The summed E-state index contributed by atoms with van der Waals surface area (Å²) >= 11 is 0. The second-order valence-corrected chi connectivity index (χ2v) is 3.20. The molecule has 2 rings (SSSR count). The van der Waals surface area contributed by atoms with Gasteiger partial charge in [-0.15, -0.1) is 0 Å².